The Morgan fingerprint density at radius 2 is 1.80 bits per heavy atom. The summed E-state index contributed by atoms with van der Waals surface area (Å²) in [5.74, 6) is 1.51. The van der Waals surface area contributed by atoms with Gasteiger partial charge >= 0.3 is 0 Å². The Bertz CT molecular complexity index is 1260. The monoisotopic (exact) mass is 495 g/mol. The number of aromatic nitrogens is 3. The third-order valence-corrected chi connectivity index (χ3v) is 5.76. The zero-order chi connectivity index (χ0) is 24.8. The fourth-order valence-corrected chi connectivity index (χ4v) is 3.92. The molecule has 3 N–H and O–H groups in total. The lowest BCUT2D eigenvalue weighted by molar-refractivity contribution is -0.118. The molecular weight excluding hydrogens is 470 g/mol. The first kappa shape index (κ1) is 24.2. The van der Waals surface area contributed by atoms with E-state index in [0.29, 0.717) is 55.9 Å². The smallest absolute Gasteiger partial charge is 0.260 e. The third kappa shape index (κ3) is 6.15. The topological polar surface area (TPSA) is 123 Å². The molecule has 11 heteroatoms. The van der Waals surface area contributed by atoms with Crippen LogP contribution in [0.1, 0.15) is 17.3 Å². The van der Waals surface area contributed by atoms with Crippen LogP contribution in [0.15, 0.2) is 53.5 Å². The summed E-state index contributed by atoms with van der Waals surface area (Å²) in [6.07, 6.45) is 1.36. The summed E-state index contributed by atoms with van der Waals surface area (Å²) in [5.41, 5.74) is 0.457. The zero-order valence-electron chi connectivity index (χ0n) is 19.3. The second kappa shape index (κ2) is 11.0. The zero-order valence-corrected chi connectivity index (χ0v) is 20.0. The highest BCUT2D eigenvalue weighted by Crippen LogP contribution is 2.23. The summed E-state index contributed by atoms with van der Waals surface area (Å²) in [6, 6.07) is 12.9. The van der Waals surface area contributed by atoms with E-state index in [-0.39, 0.29) is 17.4 Å². The number of benzene rings is 1. The van der Waals surface area contributed by atoms with Gasteiger partial charge in [-0.05, 0) is 6.07 Å². The fourth-order valence-electron chi connectivity index (χ4n) is 3.76. The van der Waals surface area contributed by atoms with E-state index in [0.717, 1.165) is 11.4 Å². The average Bonchev–Trinajstić information content (AvgIpc) is 2.88. The summed E-state index contributed by atoms with van der Waals surface area (Å²) in [6.45, 7) is 4.41. The van der Waals surface area contributed by atoms with Crippen LogP contribution in [0.2, 0.25) is 5.02 Å². The lowest BCUT2D eigenvalue weighted by Gasteiger charge is -2.35. The molecule has 3 heterocycles. The minimum atomic E-state index is -0.458. The molecule has 0 spiro atoms. The highest BCUT2D eigenvalue weighted by molar-refractivity contribution is 6.30. The van der Waals surface area contributed by atoms with Gasteiger partial charge in [0.05, 0.1) is 5.02 Å². The maximum Gasteiger partial charge on any atom is 0.260 e. The van der Waals surface area contributed by atoms with Gasteiger partial charge in [0.1, 0.15) is 17.2 Å². The van der Waals surface area contributed by atoms with Crippen LogP contribution in [-0.4, -0.2) is 70.9 Å². The van der Waals surface area contributed by atoms with Crippen molar-refractivity contribution in [2.24, 2.45) is 0 Å². The first-order chi connectivity index (χ1) is 16.9. The van der Waals surface area contributed by atoms with Crippen LogP contribution in [0.3, 0.4) is 0 Å². The van der Waals surface area contributed by atoms with E-state index in [1.54, 1.807) is 4.90 Å². The number of piperazine rings is 1. The summed E-state index contributed by atoms with van der Waals surface area (Å²) >= 11 is 5.95. The molecule has 182 valence electrons. The van der Waals surface area contributed by atoms with E-state index >= 15 is 0 Å². The minimum Gasteiger partial charge on any atom is -0.368 e. The van der Waals surface area contributed by atoms with Gasteiger partial charge in [-0.15, -0.1) is 0 Å². The summed E-state index contributed by atoms with van der Waals surface area (Å²) in [7, 11) is 0. The number of carbonyl (C=O) groups excluding carboxylic acids is 2. The normalized spacial score (nSPS) is 13.4. The Labute approximate surface area is 207 Å². The number of hydrogen-bond donors (Lipinski definition) is 3. The number of nitrogens with one attached hydrogen (secondary N) is 3. The predicted octanol–water partition coefficient (Wildman–Crippen LogP) is 2.00. The molecule has 0 saturated carbocycles. The van der Waals surface area contributed by atoms with Gasteiger partial charge in [-0.2, -0.15) is 0 Å². The Hall–Kier alpha value is -3.92. The fraction of sp³-hybridized carbons (Fsp3) is 0.292. The number of carbonyl (C=O) groups is 2. The lowest BCUT2D eigenvalue weighted by Crippen LogP contribution is -2.50. The maximum absolute atomic E-state index is 12.9. The van der Waals surface area contributed by atoms with Crippen molar-refractivity contribution in [1.82, 2.24) is 25.2 Å². The maximum atomic E-state index is 12.9. The van der Waals surface area contributed by atoms with Crippen LogP contribution in [0, 0.1) is 0 Å². The van der Waals surface area contributed by atoms with Gasteiger partial charge in [-0.25, -0.2) is 9.97 Å². The van der Waals surface area contributed by atoms with Crippen molar-refractivity contribution in [3.05, 3.63) is 69.6 Å². The van der Waals surface area contributed by atoms with Crippen molar-refractivity contribution < 1.29 is 9.59 Å². The number of halogens is 1. The SMILES string of the molecule is CC(=O)NCCNc1cc(N2CCN(C(=O)c3cc(Cl)c[nH]c3=O)CC2)nc(-c2ccccc2)n1. The number of hydrogen-bond acceptors (Lipinski definition) is 7. The molecule has 35 heavy (non-hydrogen) atoms. The molecule has 0 radical (unpaired) electrons. The second-order valence-corrected chi connectivity index (χ2v) is 8.49. The number of pyridine rings is 1. The van der Waals surface area contributed by atoms with Gasteiger partial charge in [-0.3, -0.25) is 14.4 Å². The van der Waals surface area contributed by atoms with E-state index < -0.39 is 5.56 Å². The van der Waals surface area contributed by atoms with Gasteiger partial charge in [0.15, 0.2) is 5.82 Å². The number of H-pyrrole nitrogens is 1. The number of anilines is 2. The van der Waals surface area contributed by atoms with Crippen LogP contribution < -0.4 is 21.1 Å². The highest BCUT2D eigenvalue weighted by atomic mass is 35.5. The molecule has 1 aromatic carbocycles. The molecule has 2 amide bonds. The number of aromatic amines is 1. The van der Waals surface area contributed by atoms with Crippen molar-refractivity contribution in [1.29, 1.82) is 0 Å². The van der Waals surface area contributed by atoms with Crippen LogP contribution in [0.4, 0.5) is 11.6 Å². The molecule has 4 rings (SSSR count). The standard InChI is InChI=1S/C24H26ClN7O3/c1-16(33)26-7-8-27-20-14-21(30-22(29-20)17-5-3-2-4-6-17)31-9-11-32(12-10-31)24(35)19-13-18(25)15-28-23(19)34/h2-6,13-15H,7-12H2,1H3,(H,26,33)(H,28,34)(H,27,29,30). The third-order valence-electron chi connectivity index (χ3n) is 5.54. The summed E-state index contributed by atoms with van der Waals surface area (Å²) in [5, 5.41) is 6.30. The van der Waals surface area contributed by atoms with Gasteiger partial charge in [0.25, 0.3) is 11.5 Å². The van der Waals surface area contributed by atoms with Crippen LogP contribution in [-0.2, 0) is 4.79 Å². The summed E-state index contributed by atoms with van der Waals surface area (Å²) in [4.78, 5) is 51.7. The Kier molecular flexibility index (Phi) is 7.61. The van der Waals surface area contributed by atoms with E-state index in [4.69, 9.17) is 16.6 Å². The van der Waals surface area contributed by atoms with E-state index in [1.807, 2.05) is 36.4 Å². The molecule has 1 fully saturated rings. The Morgan fingerprint density at radius 3 is 2.51 bits per heavy atom. The first-order valence-electron chi connectivity index (χ1n) is 11.3. The van der Waals surface area contributed by atoms with Gasteiger partial charge in [0, 0.05) is 64.0 Å². The minimum absolute atomic E-state index is 0.0324. The van der Waals surface area contributed by atoms with Crippen molar-refractivity contribution in [3.63, 3.8) is 0 Å². The molecule has 0 aliphatic carbocycles. The molecule has 10 nitrogen and oxygen atoms in total. The molecule has 0 atom stereocenters. The van der Waals surface area contributed by atoms with Crippen molar-refractivity contribution in [2.45, 2.75) is 6.92 Å². The van der Waals surface area contributed by atoms with Gasteiger partial charge < -0.3 is 25.4 Å². The van der Waals surface area contributed by atoms with Crippen LogP contribution >= 0.6 is 11.6 Å². The number of amides is 2. The van der Waals surface area contributed by atoms with E-state index in [2.05, 4.69) is 25.5 Å². The quantitative estimate of drug-likeness (QED) is 0.428. The Morgan fingerprint density at radius 1 is 1.06 bits per heavy atom. The molecule has 2 aromatic heterocycles. The predicted molar refractivity (Wildman–Crippen MR) is 135 cm³/mol. The molecule has 0 bridgehead atoms. The van der Waals surface area contributed by atoms with Crippen molar-refractivity contribution in [3.8, 4) is 11.4 Å². The number of rotatable bonds is 7. The van der Waals surface area contributed by atoms with E-state index in [9.17, 15) is 14.4 Å². The summed E-state index contributed by atoms with van der Waals surface area (Å²) < 4.78 is 0. The van der Waals surface area contributed by atoms with Crippen molar-refractivity contribution >= 4 is 35.1 Å². The molecule has 0 unspecified atom stereocenters. The molecule has 1 aliphatic heterocycles. The van der Waals surface area contributed by atoms with E-state index in [1.165, 1.54) is 19.2 Å². The number of nitrogens with zero attached hydrogens (tertiary/aromatic N) is 4. The molecule has 1 aliphatic rings. The van der Waals surface area contributed by atoms with Gasteiger partial charge in [-0.1, -0.05) is 41.9 Å². The van der Waals surface area contributed by atoms with Crippen LogP contribution in [0.5, 0.6) is 0 Å². The van der Waals surface area contributed by atoms with Gasteiger partial charge in [0.2, 0.25) is 5.91 Å². The largest absolute Gasteiger partial charge is 0.368 e. The second-order valence-electron chi connectivity index (χ2n) is 8.05. The molecular formula is C24H26ClN7O3. The Balaban J connectivity index is 1.50. The van der Waals surface area contributed by atoms with Crippen LogP contribution in [0.25, 0.3) is 11.4 Å². The average molecular weight is 496 g/mol. The van der Waals surface area contributed by atoms with Crippen molar-refractivity contribution in [2.75, 3.05) is 49.5 Å². The molecule has 1 saturated heterocycles. The first-order valence-corrected chi connectivity index (χ1v) is 11.6. The lowest BCUT2D eigenvalue weighted by atomic mass is 10.2. The highest BCUT2D eigenvalue weighted by Gasteiger charge is 2.25. The molecule has 3 aromatic rings.